The minimum absolute atomic E-state index is 0.418. The van der Waals surface area contributed by atoms with Gasteiger partial charge in [0.2, 0.25) is 0 Å². The molecule has 0 amide bonds. The van der Waals surface area contributed by atoms with Gasteiger partial charge in [-0.25, -0.2) is 0 Å². The van der Waals surface area contributed by atoms with Crippen molar-refractivity contribution in [2.45, 2.75) is 79.9 Å². The Morgan fingerprint density at radius 3 is 1.97 bits per heavy atom. The van der Waals surface area contributed by atoms with E-state index in [-0.39, 0.29) is 0 Å². The maximum absolute atomic E-state index is 6.27. The molecule has 35 heavy (non-hydrogen) atoms. The van der Waals surface area contributed by atoms with E-state index in [0.29, 0.717) is 0 Å². The predicted octanol–water partition coefficient (Wildman–Crippen LogP) is 7.22. The first-order valence-electron chi connectivity index (χ1n) is 12.5. The number of pyridine rings is 1. The van der Waals surface area contributed by atoms with Crippen molar-refractivity contribution in [3.8, 4) is 11.1 Å². The fourth-order valence-corrected chi connectivity index (χ4v) is 3.88. The molecule has 1 fully saturated rings. The van der Waals surface area contributed by atoms with Crippen LogP contribution in [0.1, 0.15) is 71.6 Å². The number of rotatable bonds is 4. The number of hydrogen-bond acceptors (Lipinski definition) is 4. The standard InChI is InChI=1S/C27H31BN2O2.C3H8/c1-18-12-8-10-14-21(18)23-17-29-25(28-31-26(4,5)27(6,7)32-28)16-22(23)20(3)30-24-15-11-9-13-19(24)2;1-3-2/h8-17H,1-7H3;3H2,1-2H3. The Balaban J connectivity index is 0.00000108. The zero-order valence-corrected chi connectivity index (χ0v) is 22.8. The van der Waals surface area contributed by atoms with Gasteiger partial charge in [0.1, 0.15) is 0 Å². The Kier molecular flexibility index (Phi) is 8.35. The summed E-state index contributed by atoms with van der Waals surface area (Å²) in [5.41, 5.74) is 7.39. The molecule has 0 N–H and O–H groups in total. The van der Waals surface area contributed by atoms with Crippen molar-refractivity contribution in [3.05, 3.63) is 77.5 Å². The van der Waals surface area contributed by atoms with E-state index in [0.717, 1.165) is 39.2 Å². The van der Waals surface area contributed by atoms with Crippen LogP contribution in [0.15, 0.2) is 65.8 Å². The summed E-state index contributed by atoms with van der Waals surface area (Å²) >= 11 is 0. The van der Waals surface area contributed by atoms with Gasteiger partial charge in [0, 0.05) is 23.0 Å². The minimum atomic E-state index is -0.518. The van der Waals surface area contributed by atoms with Gasteiger partial charge in [-0.2, -0.15) is 0 Å². The van der Waals surface area contributed by atoms with Gasteiger partial charge < -0.3 is 9.31 Å². The van der Waals surface area contributed by atoms with E-state index in [4.69, 9.17) is 19.3 Å². The van der Waals surface area contributed by atoms with E-state index in [1.165, 1.54) is 12.0 Å². The molecule has 5 heteroatoms. The molecular weight excluding hydrogens is 431 g/mol. The molecule has 184 valence electrons. The normalized spacial score (nSPS) is 16.6. The Morgan fingerprint density at radius 1 is 0.857 bits per heavy atom. The van der Waals surface area contributed by atoms with Crippen molar-refractivity contribution < 1.29 is 9.31 Å². The van der Waals surface area contributed by atoms with Crippen LogP contribution in [0.25, 0.3) is 11.1 Å². The summed E-state index contributed by atoms with van der Waals surface area (Å²) in [6.45, 7) is 18.7. The SMILES string of the molecule is CC(=Nc1ccccc1C)c1cc(B2OC(C)(C)C(C)(C)O2)ncc1-c1ccccc1C.CCC. The van der Waals surface area contributed by atoms with Crippen LogP contribution in [-0.4, -0.2) is 29.0 Å². The number of benzene rings is 2. The average Bonchev–Trinajstić information content (AvgIpc) is 3.03. The van der Waals surface area contributed by atoms with Crippen molar-refractivity contribution in [2.24, 2.45) is 4.99 Å². The quantitative estimate of drug-likeness (QED) is 0.299. The molecule has 3 aromatic rings. The Bertz CT molecular complexity index is 1180. The molecule has 1 aliphatic heterocycles. The second kappa shape index (κ2) is 10.9. The third-order valence-electron chi connectivity index (χ3n) is 6.65. The van der Waals surface area contributed by atoms with E-state index in [2.05, 4.69) is 98.7 Å². The van der Waals surface area contributed by atoms with E-state index in [1.54, 1.807) is 0 Å². The fraction of sp³-hybridized carbons (Fsp3) is 0.400. The maximum Gasteiger partial charge on any atom is 0.514 e. The molecule has 0 radical (unpaired) electrons. The molecule has 0 unspecified atom stereocenters. The van der Waals surface area contributed by atoms with Crippen LogP contribution in [0.4, 0.5) is 5.69 Å². The molecule has 1 aromatic heterocycles. The fourth-order valence-electron chi connectivity index (χ4n) is 3.88. The highest BCUT2D eigenvalue weighted by molar-refractivity contribution is 6.61. The van der Waals surface area contributed by atoms with Crippen molar-refractivity contribution in [2.75, 3.05) is 0 Å². The van der Waals surface area contributed by atoms with Crippen LogP contribution < -0.4 is 5.59 Å². The first kappa shape index (κ1) is 26.8. The molecule has 4 rings (SSSR count). The van der Waals surface area contributed by atoms with Gasteiger partial charge in [-0.05, 0) is 77.3 Å². The van der Waals surface area contributed by atoms with E-state index in [9.17, 15) is 0 Å². The van der Waals surface area contributed by atoms with Crippen LogP contribution in [0.5, 0.6) is 0 Å². The highest BCUT2D eigenvalue weighted by Gasteiger charge is 2.52. The molecule has 0 saturated carbocycles. The lowest BCUT2D eigenvalue weighted by Crippen LogP contribution is -2.41. The topological polar surface area (TPSA) is 43.7 Å². The van der Waals surface area contributed by atoms with Gasteiger partial charge in [0.15, 0.2) is 0 Å². The third-order valence-corrected chi connectivity index (χ3v) is 6.65. The highest BCUT2D eigenvalue weighted by atomic mass is 16.7. The van der Waals surface area contributed by atoms with E-state index < -0.39 is 18.3 Å². The number of para-hydroxylation sites is 1. The summed E-state index contributed by atoms with van der Waals surface area (Å²) in [5.74, 6) is 0. The summed E-state index contributed by atoms with van der Waals surface area (Å²) in [6, 6.07) is 18.6. The first-order chi connectivity index (χ1) is 16.5. The van der Waals surface area contributed by atoms with Gasteiger partial charge in [-0.3, -0.25) is 9.98 Å². The van der Waals surface area contributed by atoms with Crippen LogP contribution in [0, 0.1) is 13.8 Å². The predicted molar refractivity (Wildman–Crippen MR) is 149 cm³/mol. The molecule has 1 aliphatic rings. The van der Waals surface area contributed by atoms with Crippen LogP contribution in [-0.2, 0) is 9.31 Å². The Morgan fingerprint density at radius 2 is 1.40 bits per heavy atom. The van der Waals surface area contributed by atoms with Gasteiger partial charge >= 0.3 is 7.12 Å². The molecule has 0 aliphatic carbocycles. The molecule has 1 saturated heterocycles. The van der Waals surface area contributed by atoms with E-state index >= 15 is 0 Å². The minimum Gasteiger partial charge on any atom is -0.398 e. The third kappa shape index (κ3) is 5.91. The van der Waals surface area contributed by atoms with Crippen LogP contribution in [0.2, 0.25) is 0 Å². The van der Waals surface area contributed by atoms with Crippen LogP contribution in [0.3, 0.4) is 0 Å². The lowest BCUT2D eigenvalue weighted by molar-refractivity contribution is 0.00578. The maximum atomic E-state index is 6.27. The largest absolute Gasteiger partial charge is 0.514 e. The van der Waals surface area contributed by atoms with Gasteiger partial charge in [0.05, 0.1) is 22.5 Å². The van der Waals surface area contributed by atoms with E-state index in [1.807, 2.05) is 24.4 Å². The molecule has 0 bridgehead atoms. The number of nitrogens with zero attached hydrogens (tertiary/aromatic N) is 2. The second-order valence-electron chi connectivity index (χ2n) is 10.2. The number of aryl methyl sites for hydroxylation is 2. The van der Waals surface area contributed by atoms with Crippen molar-refractivity contribution in [1.82, 2.24) is 4.98 Å². The molecule has 2 aromatic carbocycles. The molecule has 4 nitrogen and oxygen atoms in total. The molecule has 0 spiro atoms. The van der Waals surface area contributed by atoms with Gasteiger partial charge in [0.25, 0.3) is 0 Å². The van der Waals surface area contributed by atoms with Crippen LogP contribution >= 0.6 is 0 Å². The Hall–Kier alpha value is -2.76. The van der Waals surface area contributed by atoms with Gasteiger partial charge in [-0.1, -0.05) is 62.7 Å². The lowest BCUT2D eigenvalue weighted by Gasteiger charge is -2.32. The summed E-state index contributed by atoms with van der Waals surface area (Å²) in [4.78, 5) is 9.75. The highest BCUT2D eigenvalue weighted by Crippen LogP contribution is 2.37. The second-order valence-corrected chi connectivity index (χ2v) is 10.2. The smallest absolute Gasteiger partial charge is 0.398 e. The monoisotopic (exact) mass is 470 g/mol. The number of hydrogen-bond donors (Lipinski definition) is 0. The molecular formula is C30H39BN2O2. The van der Waals surface area contributed by atoms with Gasteiger partial charge in [-0.15, -0.1) is 0 Å². The first-order valence-corrected chi connectivity index (χ1v) is 12.5. The zero-order chi connectivity index (χ0) is 25.8. The molecule has 0 atom stereocenters. The van der Waals surface area contributed by atoms with Crippen molar-refractivity contribution in [3.63, 3.8) is 0 Å². The summed E-state index contributed by atoms with van der Waals surface area (Å²) < 4.78 is 12.5. The zero-order valence-electron chi connectivity index (χ0n) is 22.8. The average molecular weight is 470 g/mol. The lowest BCUT2D eigenvalue weighted by atomic mass is 9.81. The summed E-state index contributed by atoms with van der Waals surface area (Å²) in [7, 11) is -0.518. The van der Waals surface area contributed by atoms with Crippen molar-refractivity contribution >= 4 is 24.1 Å². The van der Waals surface area contributed by atoms with Crippen molar-refractivity contribution in [1.29, 1.82) is 0 Å². The molecule has 2 heterocycles. The summed E-state index contributed by atoms with van der Waals surface area (Å²) in [5, 5.41) is 0. The number of aliphatic imine (C=N–C) groups is 1. The summed E-state index contributed by atoms with van der Waals surface area (Å²) in [6.07, 6.45) is 3.18. The number of aromatic nitrogens is 1. The Labute approximate surface area is 212 Å².